The van der Waals surface area contributed by atoms with Crippen LogP contribution in [0.25, 0.3) is 0 Å². The van der Waals surface area contributed by atoms with Crippen molar-refractivity contribution in [1.82, 2.24) is 9.80 Å². The fourth-order valence-electron chi connectivity index (χ4n) is 4.01. The Labute approximate surface area is 131 Å². The van der Waals surface area contributed by atoms with E-state index in [-0.39, 0.29) is 0 Å². The quantitative estimate of drug-likeness (QED) is 0.834. The molecule has 21 heavy (non-hydrogen) atoms. The lowest BCUT2D eigenvalue weighted by atomic mass is 10.0. The third kappa shape index (κ3) is 3.32. The number of aryl methyl sites for hydroxylation is 1. The van der Waals surface area contributed by atoms with Crippen molar-refractivity contribution in [2.24, 2.45) is 0 Å². The molecule has 1 amide bonds. The first-order valence-electron chi connectivity index (χ1n) is 8.35. The molecule has 0 radical (unpaired) electrons. The summed E-state index contributed by atoms with van der Waals surface area (Å²) in [7, 11) is 0. The van der Waals surface area contributed by atoms with Gasteiger partial charge >= 0.3 is 0 Å². The van der Waals surface area contributed by atoms with E-state index in [4.69, 9.17) is 0 Å². The summed E-state index contributed by atoms with van der Waals surface area (Å²) in [5.74, 6) is 0.369. The molecule has 0 aromatic carbocycles. The molecule has 0 unspecified atom stereocenters. The molecule has 116 valence electrons. The molecule has 0 saturated carbocycles. The highest BCUT2D eigenvalue weighted by Gasteiger charge is 2.38. The van der Waals surface area contributed by atoms with E-state index in [1.165, 1.54) is 37.1 Å². The van der Waals surface area contributed by atoms with E-state index in [2.05, 4.69) is 34.2 Å². The van der Waals surface area contributed by atoms with Gasteiger partial charge in [-0.15, -0.1) is 11.3 Å². The molecule has 4 heteroatoms. The van der Waals surface area contributed by atoms with Gasteiger partial charge in [0.15, 0.2) is 0 Å². The number of carbonyl (C=O) groups excluding carboxylic acids is 1. The Bertz CT molecular complexity index is 459. The van der Waals surface area contributed by atoms with Gasteiger partial charge in [0.05, 0.1) is 0 Å². The van der Waals surface area contributed by atoms with Crippen LogP contribution in [0.3, 0.4) is 0 Å². The second-order valence-electron chi connectivity index (χ2n) is 6.21. The van der Waals surface area contributed by atoms with Crippen molar-refractivity contribution in [1.29, 1.82) is 0 Å². The summed E-state index contributed by atoms with van der Waals surface area (Å²) >= 11 is 1.76. The molecule has 2 aliphatic heterocycles. The molecule has 3 heterocycles. The zero-order chi connectivity index (χ0) is 14.7. The molecule has 0 bridgehead atoms. The average Bonchev–Trinajstić information content (AvgIpc) is 3.23. The number of amides is 1. The largest absolute Gasteiger partial charge is 0.338 e. The Kier molecular flexibility index (Phi) is 4.96. The second-order valence-corrected chi connectivity index (χ2v) is 7.25. The van der Waals surface area contributed by atoms with Gasteiger partial charge < -0.3 is 4.90 Å². The minimum absolute atomic E-state index is 0.369. The van der Waals surface area contributed by atoms with Crippen LogP contribution >= 0.6 is 11.3 Å². The Hall–Kier alpha value is -0.870. The fraction of sp³-hybridized carbons (Fsp3) is 0.706. The molecule has 1 aromatic heterocycles. The standard InChI is InChI=1S/C17H26N2OS/c1-2-18-11-3-7-15(18)16-8-4-12-19(16)17(20)10-9-14-6-5-13-21-14/h5-6,13,15-16H,2-4,7-12H2,1H3/t15-,16+/m0/s1. The summed E-state index contributed by atoms with van der Waals surface area (Å²) in [5.41, 5.74) is 0. The highest BCUT2D eigenvalue weighted by Crippen LogP contribution is 2.30. The Morgan fingerprint density at radius 1 is 1.29 bits per heavy atom. The highest BCUT2D eigenvalue weighted by atomic mass is 32.1. The first-order chi connectivity index (χ1) is 10.3. The van der Waals surface area contributed by atoms with Crippen LogP contribution in [0.5, 0.6) is 0 Å². The Morgan fingerprint density at radius 2 is 2.10 bits per heavy atom. The van der Waals surface area contributed by atoms with Gasteiger partial charge in [0.2, 0.25) is 5.91 Å². The van der Waals surface area contributed by atoms with Crippen LogP contribution < -0.4 is 0 Å². The summed E-state index contributed by atoms with van der Waals surface area (Å²) in [4.78, 5) is 18.7. The maximum absolute atomic E-state index is 12.6. The molecule has 3 nitrogen and oxygen atoms in total. The van der Waals surface area contributed by atoms with Crippen molar-refractivity contribution in [3.05, 3.63) is 22.4 Å². The number of hydrogen-bond acceptors (Lipinski definition) is 3. The third-order valence-corrected chi connectivity index (χ3v) is 5.99. The van der Waals surface area contributed by atoms with Gasteiger partial charge in [0.25, 0.3) is 0 Å². The summed E-state index contributed by atoms with van der Waals surface area (Å²) in [6.45, 7) is 5.56. The van der Waals surface area contributed by atoms with Gasteiger partial charge in [0, 0.05) is 29.9 Å². The highest BCUT2D eigenvalue weighted by molar-refractivity contribution is 7.09. The lowest BCUT2D eigenvalue weighted by Crippen LogP contribution is -2.48. The maximum atomic E-state index is 12.6. The molecule has 2 atom stereocenters. The Morgan fingerprint density at radius 3 is 2.86 bits per heavy atom. The molecule has 0 N–H and O–H groups in total. The first-order valence-corrected chi connectivity index (χ1v) is 9.23. The van der Waals surface area contributed by atoms with Gasteiger partial charge in [-0.2, -0.15) is 0 Å². The molecule has 2 saturated heterocycles. The first kappa shape index (κ1) is 15.0. The molecule has 2 aliphatic rings. The number of hydrogen-bond donors (Lipinski definition) is 0. The fourth-order valence-corrected chi connectivity index (χ4v) is 4.72. The number of likely N-dealkylation sites (tertiary alicyclic amines) is 2. The van der Waals surface area contributed by atoms with Gasteiger partial charge in [-0.3, -0.25) is 9.69 Å². The van der Waals surface area contributed by atoms with Crippen LogP contribution in [-0.2, 0) is 11.2 Å². The van der Waals surface area contributed by atoms with Crippen molar-refractivity contribution in [3.8, 4) is 0 Å². The van der Waals surface area contributed by atoms with Crippen LogP contribution in [0.15, 0.2) is 17.5 Å². The van der Waals surface area contributed by atoms with E-state index in [1.54, 1.807) is 11.3 Å². The smallest absolute Gasteiger partial charge is 0.223 e. The minimum atomic E-state index is 0.369. The van der Waals surface area contributed by atoms with Gasteiger partial charge in [0.1, 0.15) is 0 Å². The molecule has 1 aromatic rings. The summed E-state index contributed by atoms with van der Waals surface area (Å²) in [6.07, 6.45) is 6.53. The second kappa shape index (κ2) is 6.93. The number of carbonyl (C=O) groups is 1. The van der Waals surface area contributed by atoms with Crippen LogP contribution in [0.2, 0.25) is 0 Å². The van der Waals surface area contributed by atoms with E-state index >= 15 is 0 Å². The maximum Gasteiger partial charge on any atom is 0.223 e. The summed E-state index contributed by atoms with van der Waals surface area (Å²) < 4.78 is 0. The molecular formula is C17H26N2OS. The van der Waals surface area contributed by atoms with E-state index in [0.29, 0.717) is 24.4 Å². The zero-order valence-corrected chi connectivity index (χ0v) is 13.8. The van der Waals surface area contributed by atoms with E-state index < -0.39 is 0 Å². The minimum Gasteiger partial charge on any atom is -0.338 e. The number of nitrogens with zero attached hydrogens (tertiary/aromatic N) is 2. The SMILES string of the molecule is CCN1CCC[C@H]1[C@H]1CCCN1C(=O)CCc1cccs1. The van der Waals surface area contributed by atoms with E-state index in [9.17, 15) is 4.79 Å². The lowest BCUT2D eigenvalue weighted by molar-refractivity contribution is -0.133. The number of likely N-dealkylation sites (N-methyl/N-ethyl adjacent to an activating group) is 1. The summed E-state index contributed by atoms with van der Waals surface area (Å²) in [5, 5.41) is 2.09. The third-order valence-electron chi connectivity index (χ3n) is 5.05. The van der Waals surface area contributed by atoms with Crippen LogP contribution in [0, 0.1) is 0 Å². The monoisotopic (exact) mass is 306 g/mol. The van der Waals surface area contributed by atoms with Crippen LogP contribution in [0.4, 0.5) is 0 Å². The van der Waals surface area contributed by atoms with Crippen molar-refractivity contribution in [3.63, 3.8) is 0 Å². The van der Waals surface area contributed by atoms with Crippen molar-refractivity contribution >= 4 is 17.2 Å². The van der Waals surface area contributed by atoms with Gasteiger partial charge in [-0.1, -0.05) is 13.0 Å². The van der Waals surface area contributed by atoms with Crippen LogP contribution in [-0.4, -0.2) is 47.4 Å². The topological polar surface area (TPSA) is 23.6 Å². The van der Waals surface area contributed by atoms with Crippen molar-refractivity contribution < 1.29 is 4.79 Å². The van der Waals surface area contributed by atoms with E-state index in [0.717, 1.165) is 19.5 Å². The zero-order valence-electron chi connectivity index (χ0n) is 13.0. The molecule has 0 aliphatic carbocycles. The van der Waals surface area contributed by atoms with Gasteiger partial charge in [-0.05, 0) is 56.6 Å². The molecule has 2 fully saturated rings. The molecule has 0 spiro atoms. The lowest BCUT2D eigenvalue weighted by Gasteiger charge is -2.34. The average molecular weight is 306 g/mol. The van der Waals surface area contributed by atoms with E-state index in [1.807, 2.05) is 0 Å². The molecule has 3 rings (SSSR count). The number of thiophene rings is 1. The molecular weight excluding hydrogens is 280 g/mol. The van der Waals surface area contributed by atoms with Crippen molar-refractivity contribution in [2.45, 2.75) is 57.5 Å². The van der Waals surface area contributed by atoms with Crippen molar-refractivity contribution in [2.75, 3.05) is 19.6 Å². The normalized spacial score (nSPS) is 26.6. The predicted molar refractivity (Wildman–Crippen MR) is 87.6 cm³/mol. The number of rotatable bonds is 5. The predicted octanol–water partition coefficient (Wildman–Crippen LogP) is 3.16. The Balaban J connectivity index is 1.59. The summed E-state index contributed by atoms with van der Waals surface area (Å²) in [6, 6.07) is 5.29. The van der Waals surface area contributed by atoms with Crippen LogP contribution in [0.1, 0.15) is 43.9 Å². The van der Waals surface area contributed by atoms with Gasteiger partial charge in [-0.25, -0.2) is 0 Å².